The molecule has 4 rings (SSSR count). The van der Waals surface area contributed by atoms with Gasteiger partial charge in [-0.1, -0.05) is 23.7 Å². The van der Waals surface area contributed by atoms with Gasteiger partial charge in [-0.25, -0.2) is 14.2 Å². The topological polar surface area (TPSA) is 157 Å². The molecule has 0 radical (unpaired) electrons. The first-order valence-corrected chi connectivity index (χ1v) is 10.4. The zero-order valence-electron chi connectivity index (χ0n) is 17.6. The monoisotopic (exact) mass is 515 g/mol. The number of H-pyrrole nitrogens is 1. The van der Waals surface area contributed by atoms with Crippen molar-refractivity contribution >= 4 is 40.6 Å². The number of hydrogen-bond donors (Lipinski definition) is 3. The van der Waals surface area contributed by atoms with Crippen LogP contribution in [0, 0.1) is 0 Å². The number of carbonyl (C=O) groups is 2. The second kappa shape index (κ2) is 9.07. The second-order valence-electron chi connectivity index (χ2n) is 7.39. The van der Waals surface area contributed by atoms with E-state index >= 15 is 0 Å². The number of alkyl halides is 3. The maximum Gasteiger partial charge on any atom is 0.491 e. The predicted octanol–water partition coefficient (Wildman–Crippen LogP) is 0.0279. The third-order valence-electron chi connectivity index (χ3n) is 5.15. The van der Waals surface area contributed by atoms with Crippen LogP contribution in [0.1, 0.15) is 6.23 Å². The number of halogens is 4. The Morgan fingerprint density at radius 2 is 1.83 bits per heavy atom. The van der Waals surface area contributed by atoms with Gasteiger partial charge in [0.25, 0.3) is 17.7 Å². The van der Waals surface area contributed by atoms with Crippen LogP contribution >= 0.6 is 11.6 Å². The van der Waals surface area contributed by atoms with E-state index in [0.717, 1.165) is 0 Å². The molecule has 4 N–H and O–H groups in total. The summed E-state index contributed by atoms with van der Waals surface area (Å²) in [5, 5.41) is 3.33. The first-order valence-electron chi connectivity index (χ1n) is 10.1. The number of nitrogens with two attached hydrogens (primary N) is 1. The summed E-state index contributed by atoms with van der Waals surface area (Å²) in [5.74, 6) is -4.25. The number of piperazine rings is 1. The van der Waals surface area contributed by atoms with Gasteiger partial charge >= 0.3 is 17.8 Å². The number of amides is 1. The summed E-state index contributed by atoms with van der Waals surface area (Å²) in [6, 6.07) is 6.34. The maximum atomic E-state index is 12.9. The second-order valence-corrected chi connectivity index (χ2v) is 7.80. The number of hydrogen-bond acceptors (Lipinski definition) is 8. The molecular formula is C19H17ClF3N7O5. The third-order valence-corrected chi connectivity index (χ3v) is 5.46. The zero-order valence-corrected chi connectivity index (χ0v) is 18.4. The van der Waals surface area contributed by atoms with Gasteiger partial charge in [-0.3, -0.25) is 19.1 Å². The fourth-order valence-corrected chi connectivity index (χ4v) is 3.86. The first kappa shape index (κ1) is 24.3. The summed E-state index contributed by atoms with van der Waals surface area (Å²) in [7, 11) is 0. The van der Waals surface area contributed by atoms with Crippen molar-refractivity contribution in [2.75, 3.05) is 31.1 Å². The smallest absolute Gasteiger partial charge is 0.425 e. The largest absolute Gasteiger partial charge is 0.491 e. The van der Waals surface area contributed by atoms with Gasteiger partial charge in [0.2, 0.25) is 5.95 Å². The highest BCUT2D eigenvalue weighted by Gasteiger charge is 2.44. The number of esters is 1. The maximum absolute atomic E-state index is 12.9. The molecule has 3 aromatic rings. The number of primary amides is 1. The van der Waals surface area contributed by atoms with Crippen molar-refractivity contribution < 1.29 is 27.5 Å². The minimum absolute atomic E-state index is 0.116. The van der Waals surface area contributed by atoms with Gasteiger partial charge in [-0.15, -0.1) is 0 Å². The number of carbonyl (C=O) groups excluding carboxylic acids is 2. The number of ether oxygens (including phenoxy) is 1. The molecule has 1 aromatic carbocycles. The minimum atomic E-state index is -5.48. The molecule has 1 amide bonds. The van der Waals surface area contributed by atoms with E-state index in [-0.39, 0.29) is 22.2 Å². The molecule has 1 atom stereocenters. The number of benzene rings is 1. The van der Waals surface area contributed by atoms with E-state index in [4.69, 9.17) is 17.3 Å². The van der Waals surface area contributed by atoms with Crippen molar-refractivity contribution in [1.29, 1.82) is 0 Å². The van der Waals surface area contributed by atoms with Crippen LogP contribution in [0.25, 0.3) is 16.9 Å². The van der Waals surface area contributed by atoms with Crippen LogP contribution in [-0.4, -0.2) is 63.3 Å². The molecule has 0 spiro atoms. The number of aromatic amines is 1. The van der Waals surface area contributed by atoms with Crippen LogP contribution < -0.4 is 27.2 Å². The predicted molar refractivity (Wildman–Crippen MR) is 116 cm³/mol. The molecule has 1 saturated heterocycles. The quantitative estimate of drug-likeness (QED) is 0.402. The number of para-hydroxylation sites is 1. The molecule has 2 aromatic heterocycles. The Morgan fingerprint density at radius 1 is 1.17 bits per heavy atom. The van der Waals surface area contributed by atoms with Crippen LogP contribution in [0.15, 0.2) is 33.9 Å². The SMILES string of the molecule is NC(=O)C(OC(=O)C(F)(F)F)n1c(=O)[nH]c(=O)c2c1nc(N1CCNCC1)n2-c1ccccc1Cl. The van der Waals surface area contributed by atoms with Gasteiger partial charge in [0.15, 0.2) is 11.2 Å². The lowest BCUT2D eigenvalue weighted by atomic mass is 10.3. The number of anilines is 1. The van der Waals surface area contributed by atoms with Crippen LogP contribution in [0.2, 0.25) is 5.02 Å². The van der Waals surface area contributed by atoms with Crippen molar-refractivity contribution in [2.24, 2.45) is 5.73 Å². The van der Waals surface area contributed by atoms with Gasteiger partial charge < -0.3 is 20.7 Å². The molecule has 35 heavy (non-hydrogen) atoms. The lowest BCUT2D eigenvalue weighted by Gasteiger charge is -2.28. The standard InChI is InChI=1S/C19H17ClF3N7O5/c20-9-3-1-2-4-10(9)29-11-13(26-17(29)28-7-5-25-6-8-28)30(18(34)27-14(11)32)15(12(24)31)35-16(33)19(21,22)23/h1-4,15,25H,5-8H2,(H2,24,31)(H,27,32,34). The summed E-state index contributed by atoms with van der Waals surface area (Å²) in [5.41, 5.74) is 2.23. The van der Waals surface area contributed by atoms with Crippen molar-refractivity contribution in [3.05, 3.63) is 50.1 Å². The number of aromatic nitrogens is 4. The molecule has 1 unspecified atom stereocenters. The molecule has 1 aliphatic heterocycles. The van der Waals surface area contributed by atoms with E-state index in [9.17, 15) is 32.3 Å². The number of fused-ring (bicyclic) bond motifs is 1. The molecular weight excluding hydrogens is 499 g/mol. The summed E-state index contributed by atoms with van der Waals surface area (Å²) in [6.07, 6.45) is -8.04. The van der Waals surface area contributed by atoms with Gasteiger partial charge in [-0.05, 0) is 12.1 Å². The highest BCUT2D eigenvalue weighted by molar-refractivity contribution is 6.32. The molecule has 1 fully saturated rings. The highest BCUT2D eigenvalue weighted by atomic mass is 35.5. The van der Waals surface area contributed by atoms with E-state index in [2.05, 4.69) is 15.0 Å². The van der Waals surface area contributed by atoms with Crippen LogP contribution in [0.4, 0.5) is 19.1 Å². The summed E-state index contributed by atoms with van der Waals surface area (Å²) in [4.78, 5) is 57.0. The fourth-order valence-electron chi connectivity index (χ4n) is 3.64. The third kappa shape index (κ3) is 4.46. The average molecular weight is 516 g/mol. The molecule has 0 aliphatic carbocycles. The van der Waals surface area contributed by atoms with Crippen LogP contribution in [0.3, 0.4) is 0 Å². The number of nitrogens with zero attached hydrogens (tertiary/aromatic N) is 4. The Labute approximate surface area is 198 Å². The Bertz CT molecular complexity index is 1420. The Morgan fingerprint density at radius 3 is 2.43 bits per heavy atom. The lowest BCUT2D eigenvalue weighted by molar-refractivity contribution is -0.209. The summed E-state index contributed by atoms with van der Waals surface area (Å²) >= 11 is 6.35. The molecule has 186 valence electrons. The Kier molecular flexibility index (Phi) is 6.29. The summed E-state index contributed by atoms with van der Waals surface area (Å²) < 4.78 is 44.3. The van der Waals surface area contributed by atoms with Gasteiger partial charge in [0, 0.05) is 26.2 Å². The lowest BCUT2D eigenvalue weighted by Crippen LogP contribution is -2.44. The van der Waals surface area contributed by atoms with Crippen molar-refractivity contribution in [1.82, 2.24) is 24.4 Å². The minimum Gasteiger partial charge on any atom is -0.425 e. The normalized spacial score (nSPS) is 15.3. The van der Waals surface area contributed by atoms with Crippen molar-refractivity contribution in [3.8, 4) is 5.69 Å². The first-order chi connectivity index (χ1) is 16.5. The molecule has 3 heterocycles. The number of nitrogens with one attached hydrogen (secondary N) is 2. The van der Waals surface area contributed by atoms with Crippen LogP contribution in [0.5, 0.6) is 0 Å². The number of imidazole rings is 1. The summed E-state index contributed by atoms with van der Waals surface area (Å²) in [6.45, 7) is 1.92. The molecule has 16 heteroatoms. The zero-order chi connectivity index (χ0) is 25.5. The average Bonchev–Trinajstić information content (AvgIpc) is 3.19. The van der Waals surface area contributed by atoms with E-state index < -0.39 is 41.2 Å². The van der Waals surface area contributed by atoms with E-state index in [1.165, 1.54) is 10.6 Å². The fraction of sp³-hybridized carbons (Fsp3) is 0.316. The van der Waals surface area contributed by atoms with Gasteiger partial charge in [0.1, 0.15) is 0 Å². The van der Waals surface area contributed by atoms with E-state index in [1.807, 2.05) is 4.98 Å². The van der Waals surface area contributed by atoms with E-state index in [0.29, 0.717) is 30.7 Å². The molecule has 0 saturated carbocycles. The highest BCUT2D eigenvalue weighted by Crippen LogP contribution is 2.30. The Balaban J connectivity index is 2.05. The van der Waals surface area contributed by atoms with Crippen molar-refractivity contribution in [3.63, 3.8) is 0 Å². The van der Waals surface area contributed by atoms with Crippen molar-refractivity contribution in [2.45, 2.75) is 12.4 Å². The van der Waals surface area contributed by atoms with Gasteiger partial charge in [0.05, 0.1) is 10.7 Å². The van der Waals surface area contributed by atoms with Crippen LogP contribution in [-0.2, 0) is 14.3 Å². The molecule has 1 aliphatic rings. The number of rotatable bonds is 5. The van der Waals surface area contributed by atoms with Gasteiger partial charge in [-0.2, -0.15) is 18.2 Å². The molecule has 0 bridgehead atoms. The molecule has 12 nitrogen and oxygen atoms in total. The Hall–Kier alpha value is -3.85. The van der Waals surface area contributed by atoms with E-state index in [1.54, 1.807) is 23.1 Å².